The van der Waals surface area contributed by atoms with Crippen molar-refractivity contribution in [1.29, 1.82) is 0 Å². The van der Waals surface area contributed by atoms with Crippen molar-refractivity contribution in [2.24, 2.45) is 11.8 Å². The lowest BCUT2D eigenvalue weighted by Crippen LogP contribution is -2.26. The number of hydrogen-bond acceptors (Lipinski definition) is 4. The second kappa shape index (κ2) is 5.96. The van der Waals surface area contributed by atoms with Gasteiger partial charge in [0.05, 0.1) is 6.20 Å². The van der Waals surface area contributed by atoms with Crippen molar-refractivity contribution < 1.29 is 5.11 Å². The molecule has 1 aliphatic rings. The van der Waals surface area contributed by atoms with Crippen LogP contribution in [0.3, 0.4) is 0 Å². The van der Waals surface area contributed by atoms with Crippen molar-refractivity contribution in [3.8, 4) is 0 Å². The zero-order valence-electron chi connectivity index (χ0n) is 9.16. The summed E-state index contributed by atoms with van der Waals surface area (Å²) in [5.74, 6) is 1.12. The Morgan fingerprint density at radius 3 is 3.00 bits per heavy atom. The Morgan fingerprint density at radius 1 is 1.50 bits per heavy atom. The Bertz CT molecular complexity index is 332. The maximum Gasteiger partial charge on any atom is 0.113 e. The summed E-state index contributed by atoms with van der Waals surface area (Å²) in [4.78, 5) is 4.19. The second-order valence-corrected chi connectivity index (χ2v) is 6.07. The van der Waals surface area contributed by atoms with Crippen molar-refractivity contribution in [3.05, 3.63) is 15.5 Å². The molecule has 2 rings (SSSR count). The Morgan fingerprint density at radius 2 is 2.31 bits per heavy atom. The Hall–Kier alpha value is -0.160. The molecule has 5 heteroatoms. The van der Waals surface area contributed by atoms with Gasteiger partial charge in [0.15, 0.2) is 0 Å². The number of thiazole rings is 1. The summed E-state index contributed by atoms with van der Waals surface area (Å²) in [7, 11) is 0. The van der Waals surface area contributed by atoms with Gasteiger partial charge in [0.2, 0.25) is 0 Å². The number of nitrogens with zero attached hydrogens (tertiary/aromatic N) is 1. The average molecular weight is 261 g/mol. The van der Waals surface area contributed by atoms with E-state index in [1.165, 1.54) is 30.6 Å². The summed E-state index contributed by atoms with van der Waals surface area (Å²) in [5, 5.41) is 13.6. The van der Waals surface area contributed by atoms with Gasteiger partial charge in [0.25, 0.3) is 0 Å². The fourth-order valence-electron chi connectivity index (χ4n) is 2.36. The van der Waals surface area contributed by atoms with Crippen LogP contribution in [-0.2, 0) is 6.54 Å². The zero-order valence-corrected chi connectivity index (χ0v) is 10.7. The molecule has 2 N–H and O–H groups in total. The molecule has 16 heavy (non-hydrogen) atoms. The minimum absolute atomic E-state index is 0.329. The van der Waals surface area contributed by atoms with E-state index in [1.807, 2.05) is 0 Å². The SMILES string of the molecule is OCC1CCCC1CNCc1ncc(Cl)s1. The van der Waals surface area contributed by atoms with Crippen molar-refractivity contribution in [2.45, 2.75) is 25.8 Å². The first-order valence-corrected chi connectivity index (χ1v) is 6.91. The third-order valence-electron chi connectivity index (χ3n) is 3.26. The summed E-state index contributed by atoms with van der Waals surface area (Å²) < 4.78 is 0.742. The van der Waals surface area contributed by atoms with Crippen LogP contribution in [0.15, 0.2) is 6.20 Å². The van der Waals surface area contributed by atoms with E-state index in [0.29, 0.717) is 18.4 Å². The number of hydrogen-bond donors (Lipinski definition) is 2. The van der Waals surface area contributed by atoms with E-state index in [0.717, 1.165) is 22.4 Å². The molecule has 1 fully saturated rings. The first-order chi connectivity index (χ1) is 7.79. The molecule has 0 spiro atoms. The molecule has 1 heterocycles. The lowest BCUT2D eigenvalue weighted by molar-refractivity contribution is 0.192. The molecule has 1 aliphatic carbocycles. The van der Waals surface area contributed by atoms with Gasteiger partial charge in [0, 0.05) is 13.2 Å². The molecule has 90 valence electrons. The molecular weight excluding hydrogens is 244 g/mol. The van der Waals surface area contributed by atoms with Crippen molar-refractivity contribution in [1.82, 2.24) is 10.3 Å². The van der Waals surface area contributed by atoms with Crippen LogP contribution in [-0.4, -0.2) is 23.2 Å². The van der Waals surface area contributed by atoms with Crippen molar-refractivity contribution >= 4 is 22.9 Å². The number of aliphatic hydroxyl groups excluding tert-OH is 1. The third-order valence-corrected chi connectivity index (χ3v) is 4.37. The highest BCUT2D eigenvalue weighted by Crippen LogP contribution is 2.30. The van der Waals surface area contributed by atoms with Crippen LogP contribution >= 0.6 is 22.9 Å². The molecule has 0 aliphatic heterocycles. The fraction of sp³-hybridized carbons (Fsp3) is 0.727. The molecule has 0 saturated heterocycles. The zero-order chi connectivity index (χ0) is 11.4. The van der Waals surface area contributed by atoms with Crippen LogP contribution in [0.4, 0.5) is 0 Å². The molecule has 0 amide bonds. The monoisotopic (exact) mass is 260 g/mol. The van der Waals surface area contributed by atoms with E-state index in [9.17, 15) is 5.11 Å². The molecule has 2 atom stereocenters. The predicted molar refractivity (Wildman–Crippen MR) is 66.7 cm³/mol. The quantitative estimate of drug-likeness (QED) is 0.854. The number of halogens is 1. The van der Waals surface area contributed by atoms with Gasteiger partial charge in [-0.3, -0.25) is 0 Å². The lowest BCUT2D eigenvalue weighted by Gasteiger charge is -2.17. The molecule has 0 aromatic carbocycles. The maximum absolute atomic E-state index is 9.20. The Balaban J connectivity index is 1.71. The third kappa shape index (κ3) is 3.17. The van der Waals surface area contributed by atoms with Crippen molar-refractivity contribution in [3.63, 3.8) is 0 Å². The van der Waals surface area contributed by atoms with Crippen LogP contribution in [0.2, 0.25) is 4.34 Å². The van der Waals surface area contributed by atoms with Gasteiger partial charge in [-0.25, -0.2) is 4.98 Å². The van der Waals surface area contributed by atoms with Gasteiger partial charge in [-0.05, 0) is 31.2 Å². The number of aliphatic hydroxyl groups is 1. The standard InChI is InChI=1S/C11H17ClN2OS/c12-10-5-14-11(16-10)6-13-4-8-2-1-3-9(8)7-15/h5,8-9,13,15H,1-4,6-7H2. The van der Waals surface area contributed by atoms with Gasteiger partial charge in [-0.2, -0.15) is 0 Å². The summed E-state index contributed by atoms with van der Waals surface area (Å²) in [6.07, 6.45) is 5.35. The van der Waals surface area contributed by atoms with Crippen LogP contribution in [0.25, 0.3) is 0 Å². The van der Waals surface area contributed by atoms with E-state index < -0.39 is 0 Å². The van der Waals surface area contributed by atoms with E-state index >= 15 is 0 Å². The molecule has 1 aromatic rings. The second-order valence-electron chi connectivity index (χ2n) is 4.32. The largest absolute Gasteiger partial charge is 0.396 e. The summed E-state index contributed by atoms with van der Waals surface area (Å²) >= 11 is 7.33. The highest BCUT2D eigenvalue weighted by molar-refractivity contribution is 7.15. The summed E-state index contributed by atoms with van der Waals surface area (Å²) in [6, 6.07) is 0. The molecule has 3 nitrogen and oxygen atoms in total. The van der Waals surface area contributed by atoms with Gasteiger partial charge in [-0.1, -0.05) is 18.0 Å². The minimum atomic E-state index is 0.329. The predicted octanol–water partition coefficient (Wildman–Crippen LogP) is 2.29. The molecule has 0 bridgehead atoms. The van der Waals surface area contributed by atoms with Crippen LogP contribution in [0.5, 0.6) is 0 Å². The Kier molecular flexibility index (Phi) is 4.58. The van der Waals surface area contributed by atoms with Gasteiger partial charge in [0.1, 0.15) is 9.34 Å². The van der Waals surface area contributed by atoms with E-state index in [4.69, 9.17) is 11.6 Å². The lowest BCUT2D eigenvalue weighted by atomic mass is 9.97. The summed E-state index contributed by atoms with van der Waals surface area (Å²) in [6.45, 7) is 2.09. The van der Waals surface area contributed by atoms with Gasteiger partial charge < -0.3 is 10.4 Å². The first-order valence-electron chi connectivity index (χ1n) is 5.71. The average Bonchev–Trinajstić information content (AvgIpc) is 2.87. The van der Waals surface area contributed by atoms with E-state index in [-0.39, 0.29) is 0 Å². The van der Waals surface area contributed by atoms with E-state index in [1.54, 1.807) is 6.20 Å². The minimum Gasteiger partial charge on any atom is -0.396 e. The van der Waals surface area contributed by atoms with Crippen LogP contribution < -0.4 is 5.32 Å². The van der Waals surface area contributed by atoms with Crippen LogP contribution in [0, 0.1) is 11.8 Å². The molecular formula is C11H17ClN2OS. The van der Waals surface area contributed by atoms with Crippen molar-refractivity contribution in [2.75, 3.05) is 13.2 Å². The molecule has 0 radical (unpaired) electrons. The summed E-state index contributed by atoms with van der Waals surface area (Å²) in [5.41, 5.74) is 0. The van der Waals surface area contributed by atoms with Crippen LogP contribution in [0.1, 0.15) is 24.3 Å². The van der Waals surface area contributed by atoms with Gasteiger partial charge >= 0.3 is 0 Å². The smallest absolute Gasteiger partial charge is 0.113 e. The number of nitrogens with one attached hydrogen (secondary N) is 1. The Labute approximate surface area is 105 Å². The van der Waals surface area contributed by atoms with E-state index in [2.05, 4.69) is 10.3 Å². The topological polar surface area (TPSA) is 45.1 Å². The number of aromatic nitrogens is 1. The van der Waals surface area contributed by atoms with Gasteiger partial charge in [-0.15, -0.1) is 11.3 Å². The molecule has 2 unspecified atom stereocenters. The fourth-order valence-corrected chi connectivity index (χ4v) is 3.28. The highest BCUT2D eigenvalue weighted by Gasteiger charge is 2.25. The molecule has 1 aromatic heterocycles. The normalized spacial score (nSPS) is 25.1. The first kappa shape index (κ1) is 12.3. The molecule has 1 saturated carbocycles. The number of rotatable bonds is 5. The highest BCUT2D eigenvalue weighted by atomic mass is 35.5. The maximum atomic E-state index is 9.20.